The van der Waals surface area contributed by atoms with E-state index in [0.29, 0.717) is 12.3 Å². The molecule has 2 amide bonds. The summed E-state index contributed by atoms with van der Waals surface area (Å²) in [6.45, 7) is 9.06. The fourth-order valence-electron chi connectivity index (χ4n) is 1.89. The van der Waals surface area contributed by atoms with Crippen LogP contribution < -0.4 is 10.6 Å². The Morgan fingerprint density at radius 2 is 1.71 bits per heavy atom. The molecule has 0 aliphatic carbocycles. The number of carbonyl (C=O) groups excluding carboxylic acids is 2. The van der Waals surface area contributed by atoms with Crippen LogP contribution in [0.1, 0.15) is 53.9 Å². The number of amides is 2. The van der Waals surface area contributed by atoms with Gasteiger partial charge in [-0.05, 0) is 39.5 Å². The van der Waals surface area contributed by atoms with Gasteiger partial charge < -0.3 is 25.2 Å². The maximum Gasteiger partial charge on any atom is 0.408 e. The lowest BCUT2D eigenvalue weighted by atomic mass is 10.1. The smallest absolute Gasteiger partial charge is 0.408 e. The highest BCUT2D eigenvalue weighted by atomic mass is 16.6. The van der Waals surface area contributed by atoms with Gasteiger partial charge in [0, 0.05) is 13.5 Å². The molecule has 24 heavy (non-hydrogen) atoms. The summed E-state index contributed by atoms with van der Waals surface area (Å²) >= 11 is 0. The molecular weight excluding hydrogens is 316 g/mol. The quantitative estimate of drug-likeness (QED) is 0.549. The third kappa shape index (κ3) is 10.8. The topological polar surface area (TPSA) is 114 Å². The molecule has 0 saturated heterocycles. The molecule has 2 atom stereocenters. The SMILES string of the molecule is CO[C@@H](CC(C)C)NC(=O)[C@@H](CCC(=O)O)NC(=O)OC(C)(C)C. The third-order valence-corrected chi connectivity index (χ3v) is 2.93. The number of carbonyl (C=O) groups is 3. The van der Waals surface area contributed by atoms with E-state index in [1.54, 1.807) is 20.8 Å². The van der Waals surface area contributed by atoms with Crippen molar-refractivity contribution >= 4 is 18.0 Å². The number of ether oxygens (including phenoxy) is 2. The minimum Gasteiger partial charge on any atom is -0.481 e. The molecule has 0 bridgehead atoms. The second-order valence-electron chi connectivity index (χ2n) is 6.99. The lowest BCUT2D eigenvalue weighted by Gasteiger charge is -2.25. The van der Waals surface area contributed by atoms with Gasteiger partial charge in [-0.1, -0.05) is 13.8 Å². The van der Waals surface area contributed by atoms with Crippen LogP contribution in [0.3, 0.4) is 0 Å². The van der Waals surface area contributed by atoms with Gasteiger partial charge in [-0.25, -0.2) is 4.79 Å². The molecule has 8 heteroatoms. The highest BCUT2D eigenvalue weighted by molar-refractivity contribution is 5.86. The molecular formula is C16H30N2O6. The Balaban J connectivity index is 4.87. The Morgan fingerprint density at radius 1 is 1.12 bits per heavy atom. The van der Waals surface area contributed by atoms with E-state index in [1.807, 2.05) is 13.8 Å². The first-order chi connectivity index (χ1) is 10.9. The first kappa shape index (κ1) is 22.2. The van der Waals surface area contributed by atoms with Gasteiger partial charge in [-0.3, -0.25) is 9.59 Å². The van der Waals surface area contributed by atoms with Crippen molar-refractivity contribution in [2.45, 2.75) is 71.8 Å². The Bertz CT molecular complexity index is 431. The molecule has 0 aliphatic heterocycles. The van der Waals surface area contributed by atoms with Crippen LogP contribution in [0.15, 0.2) is 0 Å². The van der Waals surface area contributed by atoms with Gasteiger partial charge in [0.15, 0.2) is 0 Å². The van der Waals surface area contributed by atoms with E-state index < -0.39 is 35.8 Å². The van der Waals surface area contributed by atoms with Gasteiger partial charge in [0.05, 0.1) is 0 Å². The maximum atomic E-state index is 12.4. The Labute approximate surface area is 143 Å². The van der Waals surface area contributed by atoms with Gasteiger partial charge >= 0.3 is 12.1 Å². The van der Waals surface area contributed by atoms with Crippen molar-refractivity contribution < 1.29 is 29.0 Å². The Kier molecular flexibility index (Phi) is 9.35. The minimum atomic E-state index is -1.05. The summed E-state index contributed by atoms with van der Waals surface area (Å²) in [5.74, 6) is -1.26. The number of alkyl carbamates (subject to hydrolysis) is 1. The van der Waals surface area contributed by atoms with Crippen LogP contribution in [0.5, 0.6) is 0 Å². The number of methoxy groups -OCH3 is 1. The van der Waals surface area contributed by atoms with Gasteiger partial charge in [-0.15, -0.1) is 0 Å². The van der Waals surface area contributed by atoms with Crippen molar-refractivity contribution in [1.82, 2.24) is 10.6 Å². The number of aliphatic carboxylic acids is 1. The van der Waals surface area contributed by atoms with Crippen LogP contribution in [0.4, 0.5) is 4.79 Å². The monoisotopic (exact) mass is 346 g/mol. The lowest BCUT2D eigenvalue weighted by Crippen LogP contribution is -2.51. The third-order valence-electron chi connectivity index (χ3n) is 2.93. The van der Waals surface area contributed by atoms with Gasteiger partial charge in [0.1, 0.15) is 17.9 Å². The van der Waals surface area contributed by atoms with Gasteiger partial charge in [0.2, 0.25) is 5.91 Å². The average molecular weight is 346 g/mol. The molecule has 0 saturated carbocycles. The molecule has 0 radical (unpaired) electrons. The van der Waals surface area contributed by atoms with Crippen molar-refractivity contribution in [3.63, 3.8) is 0 Å². The zero-order chi connectivity index (χ0) is 18.9. The average Bonchev–Trinajstić information content (AvgIpc) is 2.39. The summed E-state index contributed by atoms with van der Waals surface area (Å²) in [6, 6.07) is -1.01. The summed E-state index contributed by atoms with van der Waals surface area (Å²) in [5, 5.41) is 13.9. The van der Waals surface area contributed by atoms with E-state index in [4.69, 9.17) is 14.6 Å². The van der Waals surface area contributed by atoms with Gasteiger partial charge in [-0.2, -0.15) is 0 Å². The summed E-state index contributed by atoms with van der Waals surface area (Å²) < 4.78 is 10.3. The number of hydrogen-bond donors (Lipinski definition) is 3. The van der Waals surface area contributed by atoms with E-state index in [1.165, 1.54) is 7.11 Å². The van der Waals surface area contributed by atoms with Crippen molar-refractivity contribution in [1.29, 1.82) is 0 Å². The van der Waals surface area contributed by atoms with E-state index in [-0.39, 0.29) is 12.8 Å². The fourth-order valence-corrected chi connectivity index (χ4v) is 1.89. The molecule has 0 fully saturated rings. The second-order valence-corrected chi connectivity index (χ2v) is 6.99. The lowest BCUT2D eigenvalue weighted by molar-refractivity contribution is -0.137. The molecule has 0 rings (SSSR count). The highest BCUT2D eigenvalue weighted by Crippen LogP contribution is 2.09. The van der Waals surface area contributed by atoms with Crippen LogP contribution in [-0.2, 0) is 19.1 Å². The predicted molar refractivity (Wildman–Crippen MR) is 88.4 cm³/mol. The first-order valence-electron chi connectivity index (χ1n) is 7.99. The number of carboxylic acid groups (broad SMARTS) is 1. The van der Waals surface area contributed by atoms with E-state index in [9.17, 15) is 14.4 Å². The molecule has 8 nitrogen and oxygen atoms in total. The van der Waals surface area contributed by atoms with E-state index in [0.717, 1.165) is 0 Å². The van der Waals surface area contributed by atoms with Gasteiger partial charge in [0.25, 0.3) is 0 Å². The molecule has 0 spiro atoms. The van der Waals surface area contributed by atoms with E-state index >= 15 is 0 Å². The normalized spacial score (nSPS) is 14.0. The maximum absolute atomic E-state index is 12.4. The van der Waals surface area contributed by atoms with Crippen molar-refractivity contribution in [3.05, 3.63) is 0 Å². The zero-order valence-corrected chi connectivity index (χ0v) is 15.3. The highest BCUT2D eigenvalue weighted by Gasteiger charge is 2.26. The summed E-state index contributed by atoms with van der Waals surface area (Å²) in [6.07, 6.45) is -0.981. The number of nitrogens with one attached hydrogen (secondary N) is 2. The van der Waals surface area contributed by atoms with Crippen molar-refractivity contribution in [2.75, 3.05) is 7.11 Å². The zero-order valence-electron chi connectivity index (χ0n) is 15.3. The minimum absolute atomic E-state index is 0.0431. The van der Waals surface area contributed by atoms with Crippen molar-refractivity contribution in [3.8, 4) is 0 Å². The Hall–Kier alpha value is -1.83. The standard InChI is InChI=1S/C16H30N2O6/c1-10(2)9-12(23-6)18-14(21)11(7-8-13(19)20)17-15(22)24-16(3,4)5/h10-12H,7-9H2,1-6H3,(H,17,22)(H,18,21)(H,19,20)/t11-,12+/m1/s1. The number of carboxylic acids is 1. The second kappa shape index (κ2) is 10.1. The molecule has 3 N–H and O–H groups in total. The number of rotatable bonds is 9. The Morgan fingerprint density at radius 3 is 2.12 bits per heavy atom. The van der Waals surface area contributed by atoms with Crippen molar-refractivity contribution in [2.24, 2.45) is 5.92 Å². The van der Waals surface area contributed by atoms with Crippen LogP contribution in [0, 0.1) is 5.92 Å². The summed E-state index contributed by atoms with van der Waals surface area (Å²) in [7, 11) is 1.47. The van der Waals surface area contributed by atoms with Crippen LogP contribution >= 0.6 is 0 Å². The molecule has 0 aromatic heterocycles. The number of hydrogen-bond acceptors (Lipinski definition) is 5. The summed E-state index contributed by atoms with van der Waals surface area (Å²) in [5.41, 5.74) is -0.718. The molecule has 140 valence electrons. The first-order valence-corrected chi connectivity index (χ1v) is 7.99. The molecule has 0 aromatic rings. The molecule has 0 aliphatic rings. The summed E-state index contributed by atoms with van der Waals surface area (Å²) in [4.78, 5) is 35.0. The molecule has 0 aromatic carbocycles. The largest absolute Gasteiger partial charge is 0.481 e. The molecule has 0 unspecified atom stereocenters. The van der Waals surface area contributed by atoms with Crippen LogP contribution in [0.2, 0.25) is 0 Å². The predicted octanol–water partition coefficient (Wildman–Crippen LogP) is 1.88. The van der Waals surface area contributed by atoms with E-state index in [2.05, 4.69) is 10.6 Å². The van der Waals surface area contributed by atoms with Crippen LogP contribution in [-0.4, -0.2) is 48.1 Å². The van der Waals surface area contributed by atoms with Crippen LogP contribution in [0.25, 0.3) is 0 Å². The fraction of sp³-hybridized carbons (Fsp3) is 0.812. The molecule has 0 heterocycles.